The minimum atomic E-state index is 0.222. The zero-order chi connectivity index (χ0) is 10.4. The van der Waals surface area contributed by atoms with E-state index in [1.165, 1.54) is 0 Å². The van der Waals surface area contributed by atoms with Crippen LogP contribution in [0.15, 0.2) is 12.1 Å². The molecule has 0 saturated heterocycles. The Kier molecular flexibility index (Phi) is 6.92. The van der Waals surface area contributed by atoms with Gasteiger partial charge in [0.05, 0.1) is 20.1 Å². The summed E-state index contributed by atoms with van der Waals surface area (Å²) in [5.41, 5.74) is 0. The fourth-order valence-electron chi connectivity index (χ4n) is 0.502. The van der Waals surface area contributed by atoms with Gasteiger partial charge in [-0.1, -0.05) is 46.4 Å². The van der Waals surface area contributed by atoms with Crippen LogP contribution in [-0.2, 0) is 4.79 Å². The summed E-state index contributed by atoms with van der Waals surface area (Å²) in [5, 5.41) is 1.43. The summed E-state index contributed by atoms with van der Waals surface area (Å²) in [7, 11) is 0. The Labute approximate surface area is 100 Å². The topological polar surface area (TPSA) is 17.1 Å². The van der Waals surface area contributed by atoms with Crippen molar-refractivity contribution >= 4 is 63.8 Å². The maximum Gasteiger partial charge on any atom is 0.208 e. The van der Waals surface area contributed by atoms with E-state index in [0.29, 0.717) is 20.1 Å². The molecule has 0 atom stereocenters. The quantitative estimate of drug-likeness (QED) is 0.291. The van der Waals surface area contributed by atoms with E-state index in [4.69, 9.17) is 51.2 Å². The lowest BCUT2D eigenvalue weighted by atomic mass is 10.4. The van der Waals surface area contributed by atoms with Gasteiger partial charge in [0.1, 0.15) is 0 Å². The number of hydrogen-bond acceptors (Lipinski definition) is 1. The molecule has 0 aliphatic heterocycles. The van der Waals surface area contributed by atoms with E-state index in [1.807, 2.05) is 0 Å². The van der Waals surface area contributed by atoms with E-state index in [9.17, 15) is 0 Å². The smallest absolute Gasteiger partial charge is 0.208 e. The third kappa shape index (κ3) is 4.39. The summed E-state index contributed by atoms with van der Waals surface area (Å²) in [6.45, 7) is 0. The molecule has 0 saturated carbocycles. The third-order valence-electron chi connectivity index (χ3n) is 0.988. The number of hydrogen-bond donors (Lipinski definition) is 0. The Hall–Kier alpha value is 0.340. The van der Waals surface area contributed by atoms with Gasteiger partial charge in [0, 0.05) is 0 Å². The predicted molar refractivity (Wildman–Crippen MR) is 59.1 cm³/mol. The molecular weight excluding hydrogens is 277 g/mol. The van der Waals surface area contributed by atoms with Crippen LogP contribution in [0.5, 0.6) is 0 Å². The van der Waals surface area contributed by atoms with Crippen LogP contribution in [0.1, 0.15) is 0 Å². The van der Waals surface area contributed by atoms with Crippen LogP contribution in [0.25, 0.3) is 0 Å². The van der Waals surface area contributed by atoms with Gasteiger partial charge in [-0.3, -0.25) is 4.79 Å². The van der Waals surface area contributed by atoms with Crippen molar-refractivity contribution in [1.82, 2.24) is 0 Å². The van der Waals surface area contributed by atoms with Gasteiger partial charge in [-0.2, -0.15) is 0 Å². The van der Waals surface area contributed by atoms with Gasteiger partial charge in [-0.25, -0.2) is 0 Å². The summed E-state index contributed by atoms with van der Waals surface area (Å²) in [5.74, 6) is 0.222. The molecule has 1 aromatic carbocycles. The van der Waals surface area contributed by atoms with Gasteiger partial charge in [-0.05, 0) is 23.7 Å². The molecule has 0 radical (unpaired) electrons. The zero-order valence-electron chi connectivity index (χ0n) is 6.03. The highest BCUT2D eigenvalue weighted by Gasteiger charge is 2.05. The van der Waals surface area contributed by atoms with Crippen LogP contribution in [0.4, 0.5) is 0 Å². The number of benzene rings is 1. The molecule has 0 spiro atoms. The molecule has 1 nitrogen and oxygen atoms in total. The van der Waals surface area contributed by atoms with Gasteiger partial charge in [0.2, 0.25) is 5.75 Å². The first-order valence-electron chi connectivity index (χ1n) is 2.87. The van der Waals surface area contributed by atoms with Gasteiger partial charge in [0.25, 0.3) is 0 Å². The van der Waals surface area contributed by atoms with E-state index in [1.54, 1.807) is 12.1 Å². The SMILES string of the molecule is Clc1ccc(Cl)c(Cl)c1Cl.O=CCl. The molecule has 0 aromatic heterocycles. The molecule has 0 N–H and O–H groups in total. The number of carbonyl (C=O) groups excluding carboxylic acids is 1. The first-order valence-corrected chi connectivity index (χ1v) is 4.82. The van der Waals surface area contributed by atoms with E-state index >= 15 is 0 Å². The monoisotopic (exact) mass is 278 g/mol. The average molecular weight is 280 g/mol. The normalized spacial score (nSPS) is 8.69. The standard InChI is InChI=1S/C6H2Cl4.CHClO/c7-3-1-2-4(8)6(10)5(3)9;2-1-3/h1-2H;1H. The second kappa shape index (κ2) is 6.74. The van der Waals surface area contributed by atoms with Crippen LogP contribution < -0.4 is 0 Å². The van der Waals surface area contributed by atoms with Gasteiger partial charge in [-0.15, -0.1) is 0 Å². The second-order valence-corrected chi connectivity index (χ2v) is 3.49. The molecule has 6 heteroatoms. The van der Waals surface area contributed by atoms with Crippen molar-refractivity contribution in [3.63, 3.8) is 0 Å². The van der Waals surface area contributed by atoms with Crippen molar-refractivity contribution in [2.75, 3.05) is 0 Å². The van der Waals surface area contributed by atoms with Crippen LogP contribution in [0.3, 0.4) is 0 Å². The number of carbonyl (C=O) groups is 1. The van der Waals surface area contributed by atoms with Crippen molar-refractivity contribution in [2.45, 2.75) is 0 Å². The Morgan fingerprint density at radius 1 is 0.923 bits per heavy atom. The lowest BCUT2D eigenvalue weighted by molar-refractivity contribution is 0.569. The molecule has 13 heavy (non-hydrogen) atoms. The summed E-state index contributed by atoms with van der Waals surface area (Å²) in [4.78, 5) is 8.57. The highest BCUT2D eigenvalue weighted by Crippen LogP contribution is 2.34. The minimum Gasteiger partial charge on any atom is -0.285 e. The summed E-state index contributed by atoms with van der Waals surface area (Å²) < 4.78 is 0. The van der Waals surface area contributed by atoms with Gasteiger partial charge >= 0.3 is 0 Å². The van der Waals surface area contributed by atoms with Crippen LogP contribution in [-0.4, -0.2) is 5.75 Å². The molecule has 0 amide bonds. The molecular formula is C7H3Cl5O. The summed E-state index contributed by atoms with van der Waals surface area (Å²) in [6.07, 6.45) is 0. The van der Waals surface area contributed by atoms with Crippen molar-refractivity contribution in [2.24, 2.45) is 0 Å². The fraction of sp³-hybridized carbons (Fsp3) is 0. The number of rotatable bonds is 0. The van der Waals surface area contributed by atoms with Crippen LogP contribution in [0.2, 0.25) is 20.1 Å². The van der Waals surface area contributed by atoms with Crippen LogP contribution >= 0.6 is 58.0 Å². The Bertz CT molecular complexity index is 272. The zero-order valence-corrected chi connectivity index (χ0v) is 9.81. The third-order valence-corrected chi connectivity index (χ3v) is 2.69. The van der Waals surface area contributed by atoms with E-state index < -0.39 is 0 Å². The molecule has 0 fully saturated rings. The highest BCUT2D eigenvalue weighted by molar-refractivity contribution is 6.54. The summed E-state index contributed by atoms with van der Waals surface area (Å²) in [6, 6.07) is 3.19. The predicted octanol–water partition coefficient (Wildman–Crippen LogP) is 4.72. The molecule has 1 rings (SSSR count). The lowest BCUT2D eigenvalue weighted by Crippen LogP contribution is -1.71. The Morgan fingerprint density at radius 3 is 1.38 bits per heavy atom. The maximum absolute atomic E-state index is 8.57. The first-order chi connectivity index (χ1) is 6.04. The summed E-state index contributed by atoms with van der Waals surface area (Å²) >= 11 is 26.8. The molecule has 0 heterocycles. The van der Waals surface area contributed by atoms with E-state index in [2.05, 4.69) is 11.6 Å². The molecule has 72 valence electrons. The van der Waals surface area contributed by atoms with Gasteiger partial charge in [0.15, 0.2) is 0 Å². The molecule has 0 aliphatic carbocycles. The molecule has 0 unspecified atom stereocenters. The fourth-order valence-corrected chi connectivity index (χ4v) is 1.24. The molecule has 0 aliphatic rings. The number of halogens is 5. The molecule has 1 aromatic rings. The highest BCUT2D eigenvalue weighted by atomic mass is 35.5. The van der Waals surface area contributed by atoms with Crippen molar-refractivity contribution < 1.29 is 4.79 Å². The first kappa shape index (κ1) is 13.3. The minimum absolute atomic E-state index is 0.222. The maximum atomic E-state index is 8.57. The van der Waals surface area contributed by atoms with E-state index in [-0.39, 0.29) is 5.75 Å². The van der Waals surface area contributed by atoms with E-state index in [0.717, 1.165) is 0 Å². The molecule has 0 bridgehead atoms. The van der Waals surface area contributed by atoms with Crippen molar-refractivity contribution in [3.05, 3.63) is 32.2 Å². The Morgan fingerprint density at radius 2 is 1.15 bits per heavy atom. The van der Waals surface area contributed by atoms with Crippen molar-refractivity contribution in [3.8, 4) is 0 Å². The van der Waals surface area contributed by atoms with Gasteiger partial charge < -0.3 is 0 Å². The largest absolute Gasteiger partial charge is 0.285 e. The second-order valence-electron chi connectivity index (χ2n) is 1.75. The average Bonchev–Trinajstić information content (AvgIpc) is 2.10. The lowest BCUT2D eigenvalue weighted by Gasteiger charge is -1.98. The van der Waals surface area contributed by atoms with Crippen molar-refractivity contribution in [1.29, 1.82) is 0 Å². The Balaban J connectivity index is 0.000000424. The van der Waals surface area contributed by atoms with Crippen LogP contribution in [0, 0.1) is 0 Å².